The van der Waals surface area contributed by atoms with Crippen LogP contribution in [0.5, 0.6) is 0 Å². The van der Waals surface area contributed by atoms with Crippen molar-refractivity contribution in [3.8, 4) is 0 Å². The van der Waals surface area contributed by atoms with Crippen molar-refractivity contribution < 1.29 is 13.2 Å². The molecular formula is C9H9ClF3N3. The van der Waals surface area contributed by atoms with Crippen LogP contribution in [0.3, 0.4) is 0 Å². The lowest BCUT2D eigenvalue weighted by atomic mass is 10.3. The van der Waals surface area contributed by atoms with Gasteiger partial charge in [0.15, 0.2) is 0 Å². The van der Waals surface area contributed by atoms with Crippen LogP contribution in [-0.2, 0) is 6.18 Å². The van der Waals surface area contributed by atoms with Crippen molar-refractivity contribution >= 4 is 17.5 Å². The highest BCUT2D eigenvalue weighted by Gasteiger charge is 2.43. The number of anilines is 1. The standard InChI is InChI=1S/C9H9ClF3N3/c10-5-8(2-3-8)16-7-14-4-1-6(15-7)9(11,12)13/h1,4H,2-3,5H2,(H,14,15,16). The molecule has 0 aromatic carbocycles. The van der Waals surface area contributed by atoms with Gasteiger partial charge in [0.25, 0.3) is 0 Å². The first-order valence-corrected chi connectivity index (χ1v) is 5.23. The Balaban J connectivity index is 2.17. The average molecular weight is 252 g/mol. The molecule has 88 valence electrons. The van der Waals surface area contributed by atoms with Gasteiger partial charge in [-0.25, -0.2) is 9.97 Å². The SMILES string of the molecule is FC(F)(F)c1ccnc(NC2(CCl)CC2)n1. The van der Waals surface area contributed by atoms with Gasteiger partial charge in [-0.15, -0.1) is 11.6 Å². The van der Waals surface area contributed by atoms with Gasteiger partial charge in [0, 0.05) is 12.1 Å². The zero-order valence-electron chi connectivity index (χ0n) is 8.18. The van der Waals surface area contributed by atoms with Gasteiger partial charge in [0.1, 0.15) is 5.69 Å². The van der Waals surface area contributed by atoms with E-state index < -0.39 is 11.9 Å². The van der Waals surface area contributed by atoms with Crippen LogP contribution in [0.4, 0.5) is 19.1 Å². The Hall–Kier alpha value is -1.04. The third kappa shape index (κ3) is 2.37. The van der Waals surface area contributed by atoms with Crippen molar-refractivity contribution in [2.75, 3.05) is 11.2 Å². The van der Waals surface area contributed by atoms with Gasteiger partial charge in [0.2, 0.25) is 5.95 Å². The lowest BCUT2D eigenvalue weighted by molar-refractivity contribution is -0.141. The first-order chi connectivity index (χ1) is 7.45. The van der Waals surface area contributed by atoms with Gasteiger partial charge < -0.3 is 5.32 Å². The predicted molar refractivity (Wildman–Crippen MR) is 53.3 cm³/mol. The van der Waals surface area contributed by atoms with Crippen molar-refractivity contribution in [2.24, 2.45) is 0 Å². The van der Waals surface area contributed by atoms with E-state index in [0.29, 0.717) is 5.88 Å². The van der Waals surface area contributed by atoms with Crippen molar-refractivity contribution in [1.29, 1.82) is 0 Å². The maximum Gasteiger partial charge on any atom is 0.433 e. The summed E-state index contributed by atoms with van der Waals surface area (Å²) in [6.45, 7) is 0. The maximum atomic E-state index is 12.4. The topological polar surface area (TPSA) is 37.8 Å². The second-order valence-electron chi connectivity index (χ2n) is 3.80. The summed E-state index contributed by atoms with van der Waals surface area (Å²) in [7, 11) is 0. The van der Waals surface area contributed by atoms with Crippen molar-refractivity contribution in [3.63, 3.8) is 0 Å². The van der Waals surface area contributed by atoms with Crippen LogP contribution >= 0.6 is 11.6 Å². The van der Waals surface area contributed by atoms with E-state index in [2.05, 4.69) is 15.3 Å². The van der Waals surface area contributed by atoms with Crippen LogP contribution in [0.15, 0.2) is 12.3 Å². The molecule has 0 radical (unpaired) electrons. The normalized spacial score (nSPS) is 18.2. The Kier molecular flexibility index (Phi) is 2.69. The van der Waals surface area contributed by atoms with Crippen LogP contribution in [0, 0.1) is 0 Å². The molecule has 3 nitrogen and oxygen atoms in total. The Morgan fingerprint density at radius 2 is 2.12 bits per heavy atom. The summed E-state index contributed by atoms with van der Waals surface area (Å²) < 4.78 is 37.1. The molecule has 1 aromatic rings. The lowest BCUT2D eigenvalue weighted by Gasteiger charge is -2.14. The number of halogens is 4. The molecule has 0 bridgehead atoms. The van der Waals surface area contributed by atoms with E-state index in [0.717, 1.165) is 25.1 Å². The molecule has 1 heterocycles. The summed E-state index contributed by atoms with van der Waals surface area (Å²) in [5.74, 6) is 0.319. The molecule has 1 fully saturated rings. The Bertz CT molecular complexity index is 390. The molecule has 0 spiro atoms. The van der Waals surface area contributed by atoms with E-state index in [4.69, 9.17) is 11.6 Å². The minimum atomic E-state index is -4.45. The molecule has 0 atom stereocenters. The molecule has 2 rings (SSSR count). The van der Waals surface area contributed by atoms with Crippen molar-refractivity contribution in [3.05, 3.63) is 18.0 Å². The number of hydrogen-bond donors (Lipinski definition) is 1. The Morgan fingerprint density at radius 1 is 1.44 bits per heavy atom. The van der Waals surface area contributed by atoms with Crippen LogP contribution in [-0.4, -0.2) is 21.4 Å². The summed E-state index contributed by atoms with van der Waals surface area (Å²) in [6, 6.07) is 0.839. The van der Waals surface area contributed by atoms with Gasteiger partial charge in [-0.05, 0) is 18.9 Å². The van der Waals surface area contributed by atoms with E-state index in [1.807, 2.05) is 0 Å². The molecule has 0 amide bonds. The molecule has 1 saturated carbocycles. The van der Waals surface area contributed by atoms with Gasteiger partial charge in [-0.3, -0.25) is 0 Å². The highest BCUT2D eigenvalue weighted by atomic mass is 35.5. The fourth-order valence-electron chi connectivity index (χ4n) is 1.26. The van der Waals surface area contributed by atoms with E-state index in [1.54, 1.807) is 0 Å². The summed E-state index contributed by atoms with van der Waals surface area (Å²) in [5.41, 5.74) is -1.26. The zero-order chi connectivity index (χ0) is 11.8. The Morgan fingerprint density at radius 3 is 2.62 bits per heavy atom. The largest absolute Gasteiger partial charge is 0.433 e. The van der Waals surface area contributed by atoms with E-state index in [9.17, 15) is 13.2 Å². The lowest BCUT2D eigenvalue weighted by Crippen LogP contribution is -2.25. The molecule has 1 N–H and O–H groups in total. The summed E-state index contributed by atoms with van der Waals surface area (Å²) >= 11 is 5.70. The third-order valence-corrected chi connectivity index (χ3v) is 2.94. The molecule has 1 aliphatic rings. The quantitative estimate of drug-likeness (QED) is 0.840. The van der Waals surface area contributed by atoms with Gasteiger partial charge in [-0.1, -0.05) is 0 Å². The molecule has 1 aromatic heterocycles. The number of rotatable bonds is 3. The van der Waals surface area contributed by atoms with Crippen molar-refractivity contribution in [1.82, 2.24) is 9.97 Å². The first kappa shape index (κ1) is 11.4. The maximum absolute atomic E-state index is 12.4. The van der Waals surface area contributed by atoms with Gasteiger partial charge in [0.05, 0.1) is 5.54 Å². The molecule has 16 heavy (non-hydrogen) atoms. The fourth-order valence-corrected chi connectivity index (χ4v) is 1.59. The second-order valence-corrected chi connectivity index (χ2v) is 4.07. The Labute approximate surface area is 95.0 Å². The smallest absolute Gasteiger partial charge is 0.348 e. The molecule has 0 saturated heterocycles. The van der Waals surface area contributed by atoms with Crippen LogP contribution in [0.1, 0.15) is 18.5 Å². The second kappa shape index (κ2) is 3.76. The van der Waals surface area contributed by atoms with Gasteiger partial charge >= 0.3 is 6.18 Å². The molecular weight excluding hydrogens is 243 g/mol. The van der Waals surface area contributed by atoms with Crippen LogP contribution in [0.2, 0.25) is 0 Å². The molecule has 0 aliphatic heterocycles. The fraction of sp³-hybridized carbons (Fsp3) is 0.556. The number of nitrogens with zero attached hydrogens (tertiary/aromatic N) is 2. The van der Waals surface area contributed by atoms with E-state index >= 15 is 0 Å². The summed E-state index contributed by atoms with van der Waals surface area (Å²) in [5, 5.41) is 2.84. The molecule has 0 unspecified atom stereocenters. The summed E-state index contributed by atoms with van der Waals surface area (Å²) in [4.78, 5) is 7.16. The van der Waals surface area contributed by atoms with Gasteiger partial charge in [-0.2, -0.15) is 13.2 Å². The number of nitrogens with one attached hydrogen (secondary N) is 1. The van der Waals surface area contributed by atoms with Crippen LogP contribution in [0.25, 0.3) is 0 Å². The first-order valence-electron chi connectivity index (χ1n) is 4.70. The molecule has 7 heteroatoms. The number of hydrogen-bond acceptors (Lipinski definition) is 3. The minimum Gasteiger partial charge on any atom is -0.348 e. The third-order valence-electron chi connectivity index (χ3n) is 2.43. The van der Waals surface area contributed by atoms with E-state index in [1.165, 1.54) is 0 Å². The average Bonchev–Trinajstić information content (AvgIpc) is 2.98. The highest BCUT2D eigenvalue weighted by molar-refractivity contribution is 6.19. The zero-order valence-corrected chi connectivity index (χ0v) is 8.94. The van der Waals surface area contributed by atoms with Crippen molar-refractivity contribution in [2.45, 2.75) is 24.6 Å². The number of alkyl halides is 4. The summed E-state index contributed by atoms with van der Waals surface area (Å²) in [6.07, 6.45) is -1.70. The van der Waals surface area contributed by atoms with Crippen LogP contribution < -0.4 is 5.32 Å². The highest BCUT2D eigenvalue weighted by Crippen LogP contribution is 2.39. The minimum absolute atomic E-state index is 0.0204. The predicted octanol–water partition coefficient (Wildman–Crippen LogP) is 2.68. The number of aromatic nitrogens is 2. The molecule has 1 aliphatic carbocycles. The monoisotopic (exact) mass is 251 g/mol. The van der Waals surface area contributed by atoms with E-state index in [-0.39, 0.29) is 11.5 Å².